The van der Waals surface area contributed by atoms with Gasteiger partial charge in [-0.1, -0.05) is 30.3 Å². The fourth-order valence-electron chi connectivity index (χ4n) is 3.46. The molecular formula is C22H22N4O2. The molecule has 2 aromatic rings. The summed E-state index contributed by atoms with van der Waals surface area (Å²) in [6.07, 6.45) is 2.28. The van der Waals surface area contributed by atoms with Gasteiger partial charge in [-0.15, -0.1) is 0 Å². The van der Waals surface area contributed by atoms with Crippen molar-refractivity contribution in [3.8, 4) is 17.6 Å². The summed E-state index contributed by atoms with van der Waals surface area (Å²) in [7, 11) is 1.61. The summed E-state index contributed by atoms with van der Waals surface area (Å²) in [5, 5.41) is 9.50. The molecule has 0 unspecified atom stereocenters. The van der Waals surface area contributed by atoms with Gasteiger partial charge in [0.2, 0.25) is 5.88 Å². The molecule has 0 aliphatic carbocycles. The number of para-hydroxylation sites is 2. The molecule has 1 saturated heterocycles. The van der Waals surface area contributed by atoms with Gasteiger partial charge in [0, 0.05) is 43.9 Å². The van der Waals surface area contributed by atoms with Gasteiger partial charge in [-0.25, -0.2) is 4.99 Å². The number of benzene rings is 2. The van der Waals surface area contributed by atoms with Crippen LogP contribution in [-0.4, -0.2) is 44.5 Å². The van der Waals surface area contributed by atoms with E-state index < -0.39 is 0 Å². The zero-order valence-corrected chi connectivity index (χ0v) is 15.8. The maximum atomic E-state index is 9.50. The lowest BCUT2D eigenvalue weighted by molar-refractivity contribution is 0.345. The quantitative estimate of drug-likeness (QED) is 0.607. The van der Waals surface area contributed by atoms with Crippen LogP contribution in [0.1, 0.15) is 5.56 Å². The molecule has 0 N–H and O–H groups in total. The second-order valence-electron chi connectivity index (χ2n) is 6.73. The summed E-state index contributed by atoms with van der Waals surface area (Å²) in [5.41, 5.74) is 2.71. The average Bonchev–Trinajstić information content (AvgIpc) is 2.77. The standard InChI is InChI=1S/C22H22N4O2/c1-27-20-9-5-6-17-14-18(15-23)22(28-21(17)20)24-16-25-10-12-26(13-11-25)19-7-3-2-4-8-19/h2-9,16H,10-14H2,1H3/b24-16+. The van der Waals surface area contributed by atoms with Crippen LogP contribution < -0.4 is 14.4 Å². The van der Waals surface area contributed by atoms with Crippen LogP contribution in [0.3, 0.4) is 0 Å². The van der Waals surface area contributed by atoms with Crippen molar-refractivity contribution in [1.82, 2.24) is 4.90 Å². The van der Waals surface area contributed by atoms with E-state index in [-0.39, 0.29) is 0 Å². The van der Waals surface area contributed by atoms with Crippen LogP contribution in [0.25, 0.3) is 0 Å². The van der Waals surface area contributed by atoms with Gasteiger partial charge >= 0.3 is 0 Å². The Morgan fingerprint density at radius 3 is 2.57 bits per heavy atom. The first-order chi connectivity index (χ1) is 13.8. The average molecular weight is 374 g/mol. The molecule has 2 heterocycles. The lowest BCUT2D eigenvalue weighted by Gasteiger charge is -2.35. The summed E-state index contributed by atoms with van der Waals surface area (Å²) < 4.78 is 11.3. The molecule has 0 atom stereocenters. The third kappa shape index (κ3) is 3.65. The van der Waals surface area contributed by atoms with Crippen molar-refractivity contribution in [3.63, 3.8) is 0 Å². The molecule has 6 nitrogen and oxygen atoms in total. The maximum Gasteiger partial charge on any atom is 0.235 e. The minimum Gasteiger partial charge on any atom is -0.493 e. The van der Waals surface area contributed by atoms with Crippen LogP contribution in [0, 0.1) is 11.3 Å². The molecule has 2 aromatic carbocycles. The summed E-state index contributed by atoms with van der Waals surface area (Å²) in [5.74, 6) is 1.65. The second kappa shape index (κ2) is 8.05. The largest absolute Gasteiger partial charge is 0.493 e. The lowest BCUT2D eigenvalue weighted by atomic mass is 10.0. The number of ether oxygens (including phenoxy) is 2. The zero-order chi connectivity index (χ0) is 19.3. The fourth-order valence-corrected chi connectivity index (χ4v) is 3.46. The molecule has 0 aromatic heterocycles. The third-order valence-corrected chi connectivity index (χ3v) is 5.01. The van der Waals surface area contributed by atoms with Crippen LogP contribution in [0.4, 0.5) is 5.69 Å². The Kier molecular flexibility index (Phi) is 5.16. The van der Waals surface area contributed by atoms with Gasteiger partial charge in [0.1, 0.15) is 6.07 Å². The monoisotopic (exact) mass is 374 g/mol. The molecule has 0 bridgehead atoms. The second-order valence-corrected chi connectivity index (χ2v) is 6.73. The number of fused-ring (bicyclic) bond motifs is 1. The number of aliphatic imine (C=N–C) groups is 1. The van der Waals surface area contributed by atoms with Crippen molar-refractivity contribution in [2.75, 3.05) is 38.2 Å². The van der Waals surface area contributed by atoms with Gasteiger partial charge in [-0.3, -0.25) is 0 Å². The van der Waals surface area contributed by atoms with Crippen molar-refractivity contribution in [2.45, 2.75) is 6.42 Å². The van der Waals surface area contributed by atoms with Gasteiger partial charge in [0.15, 0.2) is 11.5 Å². The number of rotatable bonds is 4. The molecule has 0 saturated carbocycles. The SMILES string of the molecule is COc1cccc2c1OC(/N=C/N1CCN(c3ccccc3)CC1)=C(C#N)C2. The molecule has 2 aliphatic rings. The summed E-state index contributed by atoms with van der Waals surface area (Å²) >= 11 is 0. The minimum absolute atomic E-state index is 0.352. The van der Waals surface area contributed by atoms with Crippen molar-refractivity contribution in [3.05, 3.63) is 65.6 Å². The smallest absolute Gasteiger partial charge is 0.235 e. The van der Waals surface area contributed by atoms with E-state index in [2.05, 4.69) is 45.1 Å². The highest BCUT2D eigenvalue weighted by atomic mass is 16.5. The van der Waals surface area contributed by atoms with E-state index in [1.807, 2.05) is 24.3 Å². The Morgan fingerprint density at radius 1 is 1.07 bits per heavy atom. The van der Waals surface area contributed by atoms with Gasteiger partial charge in [-0.05, 0) is 18.2 Å². The highest BCUT2D eigenvalue weighted by Gasteiger charge is 2.23. The zero-order valence-electron chi connectivity index (χ0n) is 15.8. The van der Waals surface area contributed by atoms with Crippen molar-refractivity contribution >= 4 is 12.0 Å². The number of nitrogens with zero attached hydrogens (tertiary/aromatic N) is 4. The Labute approximate surface area is 164 Å². The molecule has 2 aliphatic heterocycles. The first-order valence-corrected chi connectivity index (χ1v) is 9.33. The molecule has 4 rings (SSSR count). The van der Waals surface area contributed by atoms with Crippen LogP contribution in [0.15, 0.2) is 65.0 Å². The molecule has 0 spiro atoms. The number of methoxy groups -OCH3 is 1. The van der Waals surface area contributed by atoms with E-state index in [1.54, 1.807) is 13.4 Å². The third-order valence-electron chi connectivity index (χ3n) is 5.01. The first-order valence-electron chi connectivity index (χ1n) is 9.33. The lowest BCUT2D eigenvalue weighted by Crippen LogP contribution is -2.45. The van der Waals surface area contributed by atoms with Crippen LogP contribution >= 0.6 is 0 Å². The minimum atomic E-state index is 0.352. The number of hydrogen-bond acceptors (Lipinski definition) is 5. The molecule has 0 radical (unpaired) electrons. The molecule has 0 amide bonds. The molecule has 1 fully saturated rings. The van der Waals surface area contributed by atoms with E-state index in [4.69, 9.17) is 9.47 Å². The normalized spacial score (nSPS) is 16.6. The van der Waals surface area contributed by atoms with Crippen molar-refractivity contribution in [1.29, 1.82) is 5.26 Å². The number of allylic oxidation sites excluding steroid dienone is 1. The van der Waals surface area contributed by atoms with Crippen molar-refractivity contribution < 1.29 is 9.47 Å². The number of piperazine rings is 1. The number of hydrogen-bond donors (Lipinski definition) is 0. The predicted molar refractivity (Wildman–Crippen MR) is 109 cm³/mol. The van der Waals surface area contributed by atoms with Gasteiger partial charge in [0.25, 0.3) is 0 Å². The Morgan fingerprint density at radius 2 is 1.86 bits per heavy atom. The van der Waals surface area contributed by atoms with Gasteiger partial charge in [0.05, 0.1) is 19.0 Å². The Bertz CT molecular complexity index is 939. The molecular weight excluding hydrogens is 352 g/mol. The van der Waals surface area contributed by atoms with E-state index in [0.717, 1.165) is 31.7 Å². The van der Waals surface area contributed by atoms with Crippen LogP contribution in [0.5, 0.6) is 11.5 Å². The topological polar surface area (TPSA) is 61.1 Å². The number of nitriles is 1. The highest BCUT2D eigenvalue weighted by Crippen LogP contribution is 2.38. The maximum absolute atomic E-state index is 9.50. The van der Waals surface area contributed by atoms with Gasteiger partial charge < -0.3 is 19.3 Å². The van der Waals surface area contributed by atoms with E-state index in [9.17, 15) is 5.26 Å². The molecule has 28 heavy (non-hydrogen) atoms. The van der Waals surface area contributed by atoms with Crippen LogP contribution in [0.2, 0.25) is 0 Å². The summed E-state index contributed by atoms with van der Waals surface area (Å²) in [4.78, 5) is 9.01. The van der Waals surface area contributed by atoms with E-state index >= 15 is 0 Å². The summed E-state index contributed by atoms with van der Waals surface area (Å²) in [6, 6.07) is 18.3. The Hall–Kier alpha value is -3.46. The molecule has 142 valence electrons. The van der Waals surface area contributed by atoms with Crippen molar-refractivity contribution in [2.24, 2.45) is 4.99 Å². The van der Waals surface area contributed by atoms with E-state index in [1.165, 1.54) is 5.69 Å². The summed E-state index contributed by atoms with van der Waals surface area (Å²) in [6.45, 7) is 3.59. The number of anilines is 1. The Balaban J connectivity index is 1.44. The fraction of sp³-hybridized carbons (Fsp3) is 0.273. The van der Waals surface area contributed by atoms with Crippen LogP contribution in [-0.2, 0) is 6.42 Å². The predicted octanol–water partition coefficient (Wildman–Crippen LogP) is 3.22. The molecule has 6 heteroatoms. The van der Waals surface area contributed by atoms with E-state index in [0.29, 0.717) is 29.4 Å². The highest BCUT2D eigenvalue weighted by molar-refractivity contribution is 5.60. The first kappa shape index (κ1) is 17.9. The van der Waals surface area contributed by atoms with Gasteiger partial charge in [-0.2, -0.15) is 5.26 Å².